The predicted molar refractivity (Wildman–Crippen MR) is 77.6 cm³/mol. The second-order valence-electron chi connectivity index (χ2n) is 8.31. The number of ether oxygens (including phenoxy) is 1. The molecule has 1 heteroatoms. The van der Waals surface area contributed by atoms with Crippen LogP contribution in [-0.2, 0) is 4.74 Å². The summed E-state index contributed by atoms with van der Waals surface area (Å²) in [6.45, 7) is 16.1. The van der Waals surface area contributed by atoms with Crippen molar-refractivity contribution in [3.8, 4) is 0 Å². The van der Waals surface area contributed by atoms with E-state index in [1.165, 1.54) is 25.7 Å². The Morgan fingerprint density at radius 2 is 1.89 bits per heavy atom. The molecule has 0 aromatic heterocycles. The summed E-state index contributed by atoms with van der Waals surface area (Å²) in [6.07, 6.45) is 5.66. The van der Waals surface area contributed by atoms with Crippen LogP contribution in [-0.4, -0.2) is 13.2 Å². The highest BCUT2D eigenvalue weighted by molar-refractivity contribution is 5.15. The van der Waals surface area contributed by atoms with E-state index in [0.717, 1.165) is 25.0 Å². The fourth-order valence-corrected chi connectivity index (χ4v) is 4.18. The van der Waals surface area contributed by atoms with Crippen LogP contribution in [0.4, 0.5) is 0 Å². The molecule has 2 aliphatic rings. The van der Waals surface area contributed by atoms with Crippen molar-refractivity contribution in [3.63, 3.8) is 0 Å². The molecule has 0 bridgehead atoms. The molecule has 2 aliphatic carbocycles. The van der Waals surface area contributed by atoms with Crippen molar-refractivity contribution in [2.45, 2.75) is 67.2 Å². The Labute approximate surface area is 114 Å². The Morgan fingerprint density at radius 3 is 2.39 bits per heavy atom. The Kier molecular flexibility index (Phi) is 3.60. The van der Waals surface area contributed by atoms with Crippen LogP contribution in [0.25, 0.3) is 0 Å². The van der Waals surface area contributed by atoms with Gasteiger partial charge in [-0.2, -0.15) is 0 Å². The molecule has 0 aromatic carbocycles. The molecule has 2 saturated carbocycles. The maximum Gasteiger partial charge on any atom is 0.0516 e. The van der Waals surface area contributed by atoms with E-state index in [1.807, 2.05) is 0 Å². The van der Waals surface area contributed by atoms with Gasteiger partial charge < -0.3 is 4.74 Å². The maximum absolute atomic E-state index is 5.62. The van der Waals surface area contributed by atoms with Gasteiger partial charge in [0.25, 0.3) is 0 Å². The molecule has 3 unspecified atom stereocenters. The number of fused-ring (bicyclic) bond motifs is 1. The van der Waals surface area contributed by atoms with Gasteiger partial charge in [0.05, 0.1) is 6.61 Å². The zero-order chi connectivity index (χ0) is 13.6. The molecule has 106 valence electrons. The number of hydrogen-bond donors (Lipinski definition) is 0. The van der Waals surface area contributed by atoms with Crippen molar-refractivity contribution >= 4 is 0 Å². The Balaban J connectivity index is 1.85. The lowest BCUT2D eigenvalue weighted by molar-refractivity contribution is 0.0532. The number of rotatable bonds is 6. The van der Waals surface area contributed by atoms with Gasteiger partial charge in [-0.1, -0.05) is 34.6 Å². The summed E-state index contributed by atoms with van der Waals surface area (Å²) in [5.41, 5.74) is 1.57. The average Bonchev–Trinajstić information content (AvgIpc) is 2.89. The predicted octanol–water partition coefficient (Wildman–Crippen LogP) is 4.90. The van der Waals surface area contributed by atoms with E-state index in [2.05, 4.69) is 41.5 Å². The van der Waals surface area contributed by atoms with E-state index < -0.39 is 0 Å². The van der Waals surface area contributed by atoms with Crippen LogP contribution in [0.2, 0.25) is 0 Å². The number of hydrogen-bond acceptors (Lipinski definition) is 1. The van der Waals surface area contributed by atoms with E-state index in [4.69, 9.17) is 4.74 Å². The van der Waals surface area contributed by atoms with Gasteiger partial charge >= 0.3 is 0 Å². The summed E-state index contributed by atoms with van der Waals surface area (Å²) in [7, 11) is 0. The van der Waals surface area contributed by atoms with Crippen LogP contribution in [0.3, 0.4) is 0 Å². The van der Waals surface area contributed by atoms with E-state index in [9.17, 15) is 0 Å². The Morgan fingerprint density at radius 1 is 1.22 bits per heavy atom. The summed E-state index contributed by atoms with van der Waals surface area (Å²) in [6, 6.07) is 0. The molecule has 0 spiro atoms. The molecule has 1 nitrogen and oxygen atoms in total. The van der Waals surface area contributed by atoms with Gasteiger partial charge in [0, 0.05) is 6.61 Å². The summed E-state index contributed by atoms with van der Waals surface area (Å²) >= 11 is 0. The molecule has 0 amide bonds. The zero-order valence-electron chi connectivity index (χ0n) is 13.3. The molecule has 0 aromatic rings. The monoisotopic (exact) mass is 252 g/mol. The first-order valence-electron chi connectivity index (χ1n) is 7.81. The minimum absolute atomic E-state index is 0.347. The highest BCUT2D eigenvalue weighted by atomic mass is 16.5. The molecule has 0 aliphatic heterocycles. The molecule has 0 saturated heterocycles. The molecule has 0 N–H and O–H groups in total. The minimum atomic E-state index is 0.347. The SMILES string of the molecule is CCOCC(C)(C)CCC1CC2CC2(C)C1(C)C. The molecule has 3 atom stereocenters. The van der Waals surface area contributed by atoms with Gasteiger partial charge in [-0.15, -0.1) is 0 Å². The van der Waals surface area contributed by atoms with Crippen LogP contribution in [0.1, 0.15) is 67.2 Å². The van der Waals surface area contributed by atoms with E-state index in [-0.39, 0.29) is 0 Å². The molecule has 2 rings (SSSR count). The lowest BCUT2D eigenvalue weighted by atomic mass is 9.68. The van der Waals surface area contributed by atoms with Crippen LogP contribution in [0, 0.1) is 28.1 Å². The van der Waals surface area contributed by atoms with Crippen LogP contribution < -0.4 is 0 Å². The normalized spacial score (nSPS) is 37.7. The first-order valence-corrected chi connectivity index (χ1v) is 7.81. The van der Waals surface area contributed by atoms with Gasteiger partial charge in [0.1, 0.15) is 0 Å². The van der Waals surface area contributed by atoms with Crippen LogP contribution in [0.5, 0.6) is 0 Å². The van der Waals surface area contributed by atoms with Crippen molar-refractivity contribution in [2.75, 3.05) is 13.2 Å². The fraction of sp³-hybridized carbons (Fsp3) is 1.00. The average molecular weight is 252 g/mol. The van der Waals surface area contributed by atoms with Crippen LogP contribution >= 0.6 is 0 Å². The van der Waals surface area contributed by atoms with E-state index in [1.54, 1.807) is 0 Å². The van der Waals surface area contributed by atoms with Crippen LogP contribution in [0.15, 0.2) is 0 Å². The third kappa shape index (κ3) is 2.35. The highest BCUT2D eigenvalue weighted by Gasteiger charge is 2.66. The fourth-order valence-electron chi connectivity index (χ4n) is 4.18. The standard InChI is InChI=1S/C17H32O/c1-7-18-12-15(2,3)9-8-13-10-14-11-17(14,6)16(13,4)5/h13-14H,7-12H2,1-6H3. The first kappa shape index (κ1) is 14.4. The third-order valence-corrected chi connectivity index (χ3v) is 6.34. The molecule has 0 heterocycles. The largest absolute Gasteiger partial charge is 0.381 e. The van der Waals surface area contributed by atoms with E-state index >= 15 is 0 Å². The second kappa shape index (κ2) is 4.51. The highest BCUT2D eigenvalue weighted by Crippen LogP contribution is 2.74. The smallest absolute Gasteiger partial charge is 0.0516 e. The molecular formula is C17H32O. The van der Waals surface area contributed by atoms with Gasteiger partial charge in [0.2, 0.25) is 0 Å². The topological polar surface area (TPSA) is 9.23 Å². The Hall–Kier alpha value is -0.0400. The van der Waals surface area contributed by atoms with Gasteiger partial charge in [-0.05, 0) is 60.7 Å². The first-order chi connectivity index (χ1) is 8.23. The molecular weight excluding hydrogens is 220 g/mol. The molecule has 0 radical (unpaired) electrons. The lowest BCUT2D eigenvalue weighted by Gasteiger charge is -2.37. The van der Waals surface area contributed by atoms with Crippen molar-refractivity contribution in [2.24, 2.45) is 28.1 Å². The van der Waals surface area contributed by atoms with Gasteiger partial charge in [-0.25, -0.2) is 0 Å². The maximum atomic E-state index is 5.62. The van der Waals surface area contributed by atoms with Gasteiger partial charge in [0.15, 0.2) is 0 Å². The second-order valence-corrected chi connectivity index (χ2v) is 8.31. The van der Waals surface area contributed by atoms with Crippen molar-refractivity contribution < 1.29 is 4.74 Å². The quantitative estimate of drug-likeness (QED) is 0.653. The van der Waals surface area contributed by atoms with Crippen molar-refractivity contribution in [1.82, 2.24) is 0 Å². The minimum Gasteiger partial charge on any atom is -0.381 e. The lowest BCUT2D eigenvalue weighted by Crippen LogP contribution is -2.29. The van der Waals surface area contributed by atoms with E-state index in [0.29, 0.717) is 16.2 Å². The molecule has 2 fully saturated rings. The zero-order valence-corrected chi connectivity index (χ0v) is 13.3. The van der Waals surface area contributed by atoms with Crippen molar-refractivity contribution in [1.29, 1.82) is 0 Å². The molecule has 18 heavy (non-hydrogen) atoms. The Bertz CT molecular complexity index is 305. The summed E-state index contributed by atoms with van der Waals surface area (Å²) in [5.74, 6) is 1.97. The summed E-state index contributed by atoms with van der Waals surface area (Å²) in [4.78, 5) is 0. The summed E-state index contributed by atoms with van der Waals surface area (Å²) < 4.78 is 5.62. The summed E-state index contributed by atoms with van der Waals surface area (Å²) in [5, 5.41) is 0. The van der Waals surface area contributed by atoms with Crippen molar-refractivity contribution in [3.05, 3.63) is 0 Å². The third-order valence-electron chi connectivity index (χ3n) is 6.34. The van der Waals surface area contributed by atoms with Gasteiger partial charge in [-0.3, -0.25) is 0 Å².